The van der Waals surface area contributed by atoms with Gasteiger partial charge in [0, 0.05) is 12.0 Å². The molecule has 3 heterocycles. The van der Waals surface area contributed by atoms with Crippen LogP contribution in [0.1, 0.15) is 91.5 Å². The Balaban J connectivity index is 1.26. The highest BCUT2D eigenvalue weighted by Gasteiger charge is 2.62. The van der Waals surface area contributed by atoms with Crippen LogP contribution in [0.25, 0.3) is 28.4 Å². The average molecular weight is 801 g/mol. The van der Waals surface area contributed by atoms with Gasteiger partial charge in [-0.2, -0.15) is 0 Å². The first kappa shape index (κ1) is 40.2. The van der Waals surface area contributed by atoms with Crippen molar-refractivity contribution in [2.45, 2.75) is 121 Å². The first-order chi connectivity index (χ1) is 27.1. The van der Waals surface area contributed by atoms with Gasteiger partial charge in [-0.1, -0.05) is 75.7 Å². The Labute approximate surface area is 333 Å². The molecule has 3 aromatic rings. The minimum atomic E-state index is -3.88. The largest absolute Gasteiger partial charge is 0.471 e. The van der Waals surface area contributed by atoms with E-state index < -0.39 is 74.3 Å². The Bertz CT molecular complexity index is 2190. The van der Waals surface area contributed by atoms with Crippen molar-refractivity contribution in [1.82, 2.24) is 30.2 Å². The predicted octanol–water partition coefficient (Wildman–Crippen LogP) is 5.26. The SMILES string of the molecule is CC[C@@H]1C[C@@]1(NC(=O)[C@@H]1C[C@@H]2CN1C(=O)[C@H](C(C)C)NC(=O)OC(C)(C)CCC/C=C/c1ccc3nc(-c4ccccc4)c(nc3c1)O2)C(=O)NS(=O)(=O)C1CC1. The molecule has 57 heavy (non-hydrogen) atoms. The number of hydrogen-bond acceptors (Lipinski definition) is 10. The van der Waals surface area contributed by atoms with E-state index in [9.17, 15) is 27.6 Å². The Hall–Kier alpha value is -5.05. The van der Waals surface area contributed by atoms with Gasteiger partial charge >= 0.3 is 6.09 Å². The average Bonchev–Trinajstić information content (AvgIpc) is 4.09. The number of nitrogens with one attached hydrogen (secondary N) is 3. The maximum absolute atomic E-state index is 14.6. The number of carbonyl (C=O) groups is 4. The number of ether oxygens (including phenoxy) is 2. The summed E-state index contributed by atoms with van der Waals surface area (Å²) in [5.41, 5.74) is 1.16. The zero-order valence-corrected chi connectivity index (χ0v) is 33.9. The third-order valence-corrected chi connectivity index (χ3v) is 13.2. The summed E-state index contributed by atoms with van der Waals surface area (Å²) in [4.78, 5) is 67.4. The molecule has 5 bridgehead atoms. The van der Waals surface area contributed by atoms with Gasteiger partial charge in [0.1, 0.15) is 35.0 Å². The fraction of sp³-hybridized carbons (Fsp3) is 0.524. The molecule has 2 aliphatic carbocycles. The van der Waals surface area contributed by atoms with Crippen LogP contribution in [-0.4, -0.2) is 88.2 Å². The molecular formula is C42H52N6O8S. The van der Waals surface area contributed by atoms with Gasteiger partial charge in [-0.3, -0.25) is 19.1 Å². The number of allylic oxidation sites excluding steroid dienone is 1. The lowest BCUT2D eigenvalue weighted by molar-refractivity contribution is -0.142. The summed E-state index contributed by atoms with van der Waals surface area (Å²) < 4.78 is 40.3. The van der Waals surface area contributed by atoms with E-state index in [2.05, 4.69) is 21.4 Å². The molecule has 1 saturated heterocycles. The van der Waals surface area contributed by atoms with Crippen LogP contribution < -0.4 is 20.1 Å². The summed E-state index contributed by atoms with van der Waals surface area (Å²) in [7, 11) is -3.88. The van der Waals surface area contributed by atoms with Crippen LogP contribution in [0.5, 0.6) is 5.88 Å². The number of fused-ring (bicyclic) bond motifs is 4. The normalized spacial score (nSPS) is 27.0. The summed E-state index contributed by atoms with van der Waals surface area (Å²) in [5.74, 6) is -2.40. The zero-order chi connectivity index (χ0) is 40.7. The number of carbonyl (C=O) groups excluding carboxylic acids is 4. The summed E-state index contributed by atoms with van der Waals surface area (Å²) in [6.07, 6.45) is 6.36. The van der Waals surface area contributed by atoms with E-state index in [1.807, 2.05) is 75.4 Å². The second kappa shape index (κ2) is 15.7. The number of rotatable bonds is 8. The number of sulfonamides is 1. The molecule has 7 rings (SSSR count). The fourth-order valence-corrected chi connectivity index (χ4v) is 9.23. The van der Waals surface area contributed by atoms with Crippen LogP contribution in [0.3, 0.4) is 0 Å². The lowest BCUT2D eigenvalue weighted by Crippen LogP contribution is -2.59. The van der Waals surface area contributed by atoms with Gasteiger partial charge in [0.05, 0.1) is 22.8 Å². The molecular weight excluding hydrogens is 749 g/mol. The number of cyclic esters (lactones) is 1. The monoisotopic (exact) mass is 800 g/mol. The molecule has 2 aliphatic heterocycles. The van der Waals surface area contributed by atoms with E-state index in [1.54, 1.807) is 13.8 Å². The summed E-state index contributed by atoms with van der Waals surface area (Å²) in [5, 5.41) is 5.03. The second-order valence-electron chi connectivity index (χ2n) is 16.7. The summed E-state index contributed by atoms with van der Waals surface area (Å²) in [6.45, 7) is 9.05. The molecule has 15 heteroatoms. The Kier molecular flexibility index (Phi) is 11.1. The van der Waals surface area contributed by atoms with Crippen LogP contribution in [-0.2, 0) is 29.1 Å². The maximum Gasteiger partial charge on any atom is 0.408 e. The quantitative estimate of drug-likeness (QED) is 0.271. The lowest BCUT2D eigenvalue weighted by atomic mass is 10.0. The van der Waals surface area contributed by atoms with Crippen molar-refractivity contribution in [2.24, 2.45) is 11.8 Å². The number of amides is 4. The fourth-order valence-electron chi connectivity index (χ4n) is 7.87. The van der Waals surface area contributed by atoms with E-state index in [1.165, 1.54) is 4.90 Å². The van der Waals surface area contributed by atoms with Gasteiger partial charge < -0.3 is 25.0 Å². The van der Waals surface area contributed by atoms with Crippen molar-refractivity contribution < 1.29 is 37.1 Å². The molecule has 4 amide bonds. The second-order valence-corrected chi connectivity index (χ2v) is 18.7. The van der Waals surface area contributed by atoms with Crippen molar-refractivity contribution >= 4 is 50.9 Å². The lowest BCUT2D eigenvalue weighted by Gasteiger charge is -2.32. The van der Waals surface area contributed by atoms with Gasteiger partial charge in [0.2, 0.25) is 27.7 Å². The number of aromatic nitrogens is 2. The summed E-state index contributed by atoms with van der Waals surface area (Å²) >= 11 is 0. The minimum Gasteiger partial charge on any atom is -0.471 e. The molecule has 4 aliphatic rings. The van der Waals surface area contributed by atoms with Gasteiger partial charge in [0.15, 0.2) is 0 Å². The highest BCUT2D eigenvalue weighted by molar-refractivity contribution is 7.91. The molecule has 0 radical (unpaired) electrons. The van der Waals surface area contributed by atoms with Gasteiger partial charge in [-0.05, 0) is 81.9 Å². The molecule has 14 nitrogen and oxygen atoms in total. The Morgan fingerprint density at radius 2 is 1.81 bits per heavy atom. The minimum absolute atomic E-state index is 0.0193. The van der Waals surface area contributed by atoms with E-state index in [-0.39, 0.29) is 31.2 Å². The molecule has 0 unspecified atom stereocenters. The van der Waals surface area contributed by atoms with Crippen molar-refractivity contribution in [3.05, 3.63) is 60.2 Å². The van der Waals surface area contributed by atoms with Crippen molar-refractivity contribution in [2.75, 3.05) is 6.54 Å². The number of alkyl carbamates (subject to hydrolysis) is 1. The van der Waals surface area contributed by atoms with Crippen molar-refractivity contribution in [1.29, 1.82) is 0 Å². The number of benzene rings is 2. The molecule has 304 valence electrons. The van der Waals surface area contributed by atoms with Crippen LogP contribution in [0.4, 0.5) is 4.79 Å². The van der Waals surface area contributed by atoms with Crippen molar-refractivity contribution in [3.8, 4) is 17.1 Å². The van der Waals surface area contributed by atoms with Gasteiger partial charge in [-0.25, -0.2) is 23.2 Å². The van der Waals surface area contributed by atoms with E-state index in [0.29, 0.717) is 42.4 Å². The zero-order valence-electron chi connectivity index (χ0n) is 33.1. The summed E-state index contributed by atoms with van der Waals surface area (Å²) in [6, 6.07) is 13.1. The third-order valence-electron chi connectivity index (χ3n) is 11.4. The van der Waals surface area contributed by atoms with Crippen LogP contribution in [0.15, 0.2) is 54.6 Å². The van der Waals surface area contributed by atoms with E-state index in [4.69, 9.17) is 19.4 Å². The predicted molar refractivity (Wildman–Crippen MR) is 214 cm³/mol. The molecule has 3 N–H and O–H groups in total. The molecule has 3 fully saturated rings. The maximum atomic E-state index is 14.6. The van der Waals surface area contributed by atoms with Crippen LogP contribution in [0.2, 0.25) is 0 Å². The first-order valence-corrected chi connectivity index (χ1v) is 21.5. The van der Waals surface area contributed by atoms with Crippen LogP contribution in [0, 0.1) is 11.8 Å². The number of hydrogen-bond donors (Lipinski definition) is 3. The van der Waals surface area contributed by atoms with Gasteiger partial charge in [0.25, 0.3) is 5.91 Å². The Morgan fingerprint density at radius 1 is 1.05 bits per heavy atom. The molecule has 5 atom stereocenters. The highest BCUT2D eigenvalue weighted by Crippen LogP contribution is 2.47. The number of nitrogens with zero attached hydrogens (tertiary/aromatic N) is 3. The standard InChI is InChI=1S/C42H52N6O8S/c1-6-28-23-42(28,39(51)47-57(53,54)30-17-18-30)46-36(49)33-22-29-24-48(33)38(50)34(25(2)3)45-40(52)56-41(4,5)20-12-8-9-13-26-16-19-31-32(21-26)44-37(55-29)35(43-31)27-14-10-7-11-15-27/h7,9-11,13-16,19,21,25,28-30,33-34H,6,8,12,17-18,20,22-24H2,1-5H3,(H,45,52)(H,46,49)(H,47,51)/b13-9+/t28-,29-,33+,34+,42+/m1/s1. The molecule has 1 aromatic heterocycles. The molecule has 0 spiro atoms. The van der Waals surface area contributed by atoms with E-state index in [0.717, 1.165) is 24.0 Å². The highest BCUT2D eigenvalue weighted by atomic mass is 32.2. The smallest absolute Gasteiger partial charge is 0.408 e. The Morgan fingerprint density at radius 3 is 2.49 bits per heavy atom. The van der Waals surface area contributed by atoms with Crippen molar-refractivity contribution in [3.63, 3.8) is 0 Å². The molecule has 2 saturated carbocycles. The topological polar surface area (TPSA) is 186 Å². The van der Waals surface area contributed by atoms with Gasteiger partial charge in [-0.15, -0.1) is 0 Å². The van der Waals surface area contributed by atoms with E-state index >= 15 is 0 Å². The third kappa shape index (κ3) is 8.78. The van der Waals surface area contributed by atoms with Crippen LogP contribution >= 0.6 is 0 Å². The first-order valence-electron chi connectivity index (χ1n) is 20.0. The molecule has 2 aromatic carbocycles.